The summed E-state index contributed by atoms with van der Waals surface area (Å²) in [4.78, 5) is 3.97. The average molecular weight is 182 g/mol. The summed E-state index contributed by atoms with van der Waals surface area (Å²) in [5, 5.41) is 4.03. The van der Waals surface area contributed by atoms with E-state index in [0.29, 0.717) is 6.54 Å². The number of aryl methyl sites for hydroxylation is 1. The van der Waals surface area contributed by atoms with Crippen molar-refractivity contribution in [1.82, 2.24) is 15.2 Å². The second kappa shape index (κ2) is 4.46. The van der Waals surface area contributed by atoms with Crippen LogP contribution >= 0.6 is 0 Å². The highest BCUT2D eigenvalue weighted by Gasteiger charge is 1.94. The molecule has 0 saturated heterocycles. The second-order valence-corrected chi connectivity index (χ2v) is 2.68. The van der Waals surface area contributed by atoms with Gasteiger partial charge in [0.15, 0.2) is 0 Å². The third-order valence-corrected chi connectivity index (χ3v) is 1.59. The van der Waals surface area contributed by atoms with E-state index < -0.39 is 0 Å². The summed E-state index contributed by atoms with van der Waals surface area (Å²) in [5.41, 5.74) is 8.73. The maximum atomic E-state index is 5.34. The lowest BCUT2D eigenvalue weighted by atomic mass is 10.3. The number of nitrogens with two attached hydrogens (primary N) is 2. The zero-order valence-corrected chi connectivity index (χ0v) is 7.57. The highest BCUT2D eigenvalue weighted by atomic mass is 15.3. The minimum atomic E-state index is 0.254. The first-order valence-electron chi connectivity index (χ1n) is 3.96. The minimum Gasteiger partial charge on any atom is -0.369 e. The van der Waals surface area contributed by atoms with E-state index in [4.69, 9.17) is 11.6 Å². The Bertz CT molecular complexity index is 289. The fraction of sp³-hybridized carbons (Fsp3) is 0.429. The predicted octanol–water partition coefficient (Wildman–Crippen LogP) is -1.26. The molecule has 0 amide bonds. The normalized spacial score (nSPS) is 11.7. The van der Waals surface area contributed by atoms with E-state index in [0.717, 1.165) is 12.0 Å². The van der Waals surface area contributed by atoms with Gasteiger partial charge in [-0.1, -0.05) is 0 Å². The number of aliphatic imine (C=N–C) groups is 1. The van der Waals surface area contributed by atoms with Gasteiger partial charge in [-0.2, -0.15) is 5.10 Å². The van der Waals surface area contributed by atoms with Crippen LogP contribution < -0.4 is 17.0 Å². The molecule has 0 atom stereocenters. The Morgan fingerprint density at radius 2 is 2.54 bits per heavy atom. The summed E-state index contributed by atoms with van der Waals surface area (Å²) in [6.45, 7) is 0.613. The van der Waals surface area contributed by atoms with Gasteiger partial charge in [-0.25, -0.2) is 5.84 Å². The molecule has 6 heteroatoms. The van der Waals surface area contributed by atoms with Crippen LogP contribution in [0, 0.1) is 0 Å². The molecule has 0 bridgehead atoms. The minimum absolute atomic E-state index is 0.254. The molecule has 0 aromatic carbocycles. The zero-order chi connectivity index (χ0) is 9.68. The Hall–Kier alpha value is -1.56. The number of aromatic nitrogens is 2. The number of rotatable bonds is 3. The van der Waals surface area contributed by atoms with Crippen molar-refractivity contribution in [3.05, 3.63) is 18.0 Å². The Kier molecular flexibility index (Phi) is 3.27. The van der Waals surface area contributed by atoms with Gasteiger partial charge >= 0.3 is 0 Å². The summed E-state index contributed by atoms with van der Waals surface area (Å²) in [5.74, 6) is 5.29. The molecule has 0 aliphatic rings. The van der Waals surface area contributed by atoms with E-state index in [1.54, 1.807) is 4.68 Å². The first-order chi connectivity index (χ1) is 6.22. The Balaban J connectivity index is 2.35. The van der Waals surface area contributed by atoms with Crippen LogP contribution in [-0.4, -0.2) is 22.3 Å². The summed E-state index contributed by atoms with van der Waals surface area (Å²) < 4.78 is 1.75. The van der Waals surface area contributed by atoms with Crippen molar-refractivity contribution in [2.45, 2.75) is 6.42 Å². The largest absolute Gasteiger partial charge is 0.369 e. The molecule has 1 aromatic rings. The van der Waals surface area contributed by atoms with Gasteiger partial charge in [0, 0.05) is 19.8 Å². The SMILES string of the molecule is Cn1cc(CCN=C(N)NN)cn1. The Morgan fingerprint density at radius 3 is 3.08 bits per heavy atom. The monoisotopic (exact) mass is 182 g/mol. The zero-order valence-electron chi connectivity index (χ0n) is 7.57. The van der Waals surface area contributed by atoms with Gasteiger partial charge in [0.25, 0.3) is 0 Å². The lowest BCUT2D eigenvalue weighted by Crippen LogP contribution is -2.37. The molecule has 1 rings (SSSR count). The smallest absolute Gasteiger partial charge is 0.203 e. The van der Waals surface area contributed by atoms with Crippen LogP contribution in [-0.2, 0) is 13.5 Å². The quantitative estimate of drug-likeness (QED) is 0.235. The van der Waals surface area contributed by atoms with Gasteiger partial charge in [0.2, 0.25) is 5.96 Å². The maximum Gasteiger partial charge on any atom is 0.203 e. The third-order valence-electron chi connectivity index (χ3n) is 1.59. The highest BCUT2D eigenvalue weighted by molar-refractivity contribution is 5.77. The average Bonchev–Trinajstić information content (AvgIpc) is 2.51. The molecule has 13 heavy (non-hydrogen) atoms. The number of hydrogen-bond acceptors (Lipinski definition) is 3. The van der Waals surface area contributed by atoms with Crippen LogP contribution in [0.1, 0.15) is 5.56 Å². The third kappa shape index (κ3) is 3.12. The number of hydrazine groups is 1. The molecule has 0 unspecified atom stereocenters. The molecule has 0 spiro atoms. The molecule has 72 valence electrons. The summed E-state index contributed by atoms with van der Waals surface area (Å²) in [6.07, 6.45) is 4.57. The molecule has 5 N–H and O–H groups in total. The van der Waals surface area contributed by atoms with E-state index in [1.165, 1.54) is 0 Å². The van der Waals surface area contributed by atoms with Crippen LogP contribution in [0.5, 0.6) is 0 Å². The van der Waals surface area contributed by atoms with Gasteiger partial charge in [0.05, 0.1) is 6.20 Å². The number of guanidine groups is 1. The van der Waals surface area contributed by atoms with Crippen LogP contribution in [0.3, 0.4) is 0 Å². The van der Waals surface area contributed by atoms with Crippen LogP contribution in [0.2, 0.25) is 0 Å². The first-order valence-corrected chi connectivity index (χ1v) is 3.96. The summed E-state index contributed by atoms with van der Waals surface area (Å²) >= 11 is 0. The maximum absolute atomic E-state index is 5.34. The van der Waals surface area contributed by atoms with E-state index in [1.807, 2.05) is 19.4 Å². The van der Waals surface area contributed by atoms with Crippen LogP contribution in [0.4, 0.5) is 0 Å². The summed E-state index contributed by atoms with van der Waals surface area (Å²) in [6, 6.07) is 0. The van der Waals surface area contributed by atoms with Crippen molar-refractivity contribution < 1.29 is 0 Å². The molecule has 0 saturated carbocycles. The molecular formula is C7H14N6. The van der Waals surface area contributed by atoms with E-state index in [9.17, 15) is 0 Å². The molecule has 0 aliphatic heterocycles. The van der Waals surface area contributed by atoms with Crippen LogP contribution in [0.15, 0.2) is 17.4 Å². The Labute approximate surface area is 76.6 Å². The number of nitrogens with zero attached hydrogens (tertiary/aromatic N) is 3. The second-order valence-electron chi connectivity index (χ2n) is 2.68. The lowest BCUT2D eigenvalue weighted by Gasteiger charge is -1.96. The predicted molar refractivity (Wildman–Crippen MR) is 50.7 cm³/mol. The summed E-state index contributed by atoms with van der Waals surface area (Å²) in [7, 11) is 1.88. The van der Waals surface area contributed by atoms with Gasteiger partial charge < -0.3 is 5.73 Å². The number of hydrogen-bond donors (Lipinski definition) is 3. The lowest BCUT2D eigenvalue weighted by molar-refractivity contribution is 0.766. The molecule has 6 nitrogen and oxygen atoms in total. The van der Waals surface area contributed by atoms with Crippen molar-refractivity contribution in [3.63, 3.8) is 0 Å². The molecule has 0 fully saturated rings. The van der Waals surface area contributed by atoms with Crippen molar-refractivity contribution in [2.24, 2.45) is 23.6 Å². The van der Waals surface area contributed by atoms with Crippen molar-refractivity contribution in [1.29, 1.82) is 0 Å². The van der Waals surface area contributed by atoms with E-state index in [-0.39, 0.29) is 5.96 Å². The van der Waals surface area contributed by atoms with E-state index in [2.05, 4.69) is 15.5 Å². The van der Waals surface area contributed by atoms with Gasteiger partial charge in [-0.15, -0.1) is 0 Å². The Morgan fingerprint density at radius 1 is 1.77 bits per heavy atom. The fourth-order valence-corrected chi connectivity index (χ4v) is 0.952. The molecular weight excluding hydrogens is 168 g/mol. The highest BCUT2D eigenvalue weighted by Crippen LogP contribution is 1.96. The molecule has 0 radical (unpaired) electrons. The molecule has 0 aliphatic carbocycles. The van der Waals surface area contributed by atoms with Gasteiger partial charge in [-0.05, 0) is 12.0 Å². The van der Waals surface area contributed by atoms with Gasteiger partial charge in [0.1, 0.15) is 0 Å². The van der Waals surface area contributed by atoms with Crippen molar-refractivity contribution >= 4 is 5.96 Å². The first kappa shape index (κ1) is 9.53. The van der Waals surface area contributed by atoms with Crippen LogP contribution in [0.25, 0.3) is 0 Å². The fourth-order valence-electron chi connectivity index (χ4n) is 0.952. The topological polar surface area (TPSA) is 94.2 Å². The van der Waals surface area contributed by atoms with Crippen molar-refractivity contribution in [3.8, 4) is 0 Å². The molecule has 1 aromatic heterocycles. The van der Waals surface area contributed by atoms with Gasteiger partial charge in [-0.3, -0.25) is 15.1 Å². The molecule has 1 heterocycles. The van der Waals surface area contributed by atoms with Crippen molar-refractivity contribution in [2.75, 3.05) is 6.54 Å². The number of nitrogens with one attached hydrogen (secondary N) is 1. The van der Waals surface area contributed by atoms with E-state index >= 15 is 0 Å². The standard InChI is InChI=1S/C7H14N6/c1-13-5-6(4-11-13)2-3-10-7(8)12-9/h4-5H,2-3,9H2,1H3,(H3,8,10,12).